The molecule has 0 spiro atoms. The SMILES string of the molecule is C1CC2CNNN2CCN1. The summed E-state index contributed by atoms with van der Waals surface area (Å²) in [4.78, 5) is 0. The summed E-state index contributed by atoms with van der Waals surface area (Å²) in [6.07, 6.45) is 1.25. The van der Waals surface area contributed by atoms with E-state index in [1.54, 1.807) is 0 Å². The number of rotatable bonds is 0. The molecule has 0 bridgehead atoms. The van der Waals surface area contributed by atoms with Crippen molar-refractivity contribution in [3.63, 3.8) is 0 Å². The van der Waals surface area contributed by atoms with Crippen LogP contribution in [-0.4, -0.2) is 37.2 Å². The highest BCUT2D eigenvalue weighted by atomic mass is 15.7. The topological polar surface area (TPSA) is 39.3 Å². The van der Waals surface area contributed by atoms with E-state index in [1.807, 2.05) is 0 Å². The fraction of sp³-hybridized carbons (Fsp3) is 1.00. The van der Waals surface area contributed by atoms with Gasteiger partial charge in [-0.1, -0.05) is 0 Å². The molecule has 2 heterocycles. The summed E-state index contributed by atoms with van der Waals surface area (Å²) in [5.74, 6) is 0. The van der Waals surface area contributed by atoms with Crippen molar-refractivity contribution in [2.24, 2.45) is 0 Å². The van der Waals surface area contributed by atoms with Gasteiger partial charge in [-0.05, 0) is 13.0 Å². The van der Waals surface area contributed by atoms with E-state index in [2.05, 4.69) is 21.3 Å². The van der Waals surface area contributed by atoms with Crippen LogP contribution < -0.4 is 16.3 Å². The van der Waals surface area contributed by atoms with Gasteiger partial charge in [0.25, 0.3) is 0 Å². The Hall–Kier alpha value is -0.160. The average Bonchev–Trinajstić information content (AvgIpc) is 2.28. The molecule has 2 aliphatic heterocycles. The molecule has 1 atom stereocenters. The predicted octanol–water partition coefficient (Wildman–Crippen LogP) is -1.33. The summed E-state index contributed by atoms with van der Waals surface area (Å²) in [5.41, 5.74) is 6.28. The summed E-state index contributed by atoms with van der Waals surface area (Å²) < 4.78 is 0. The number of hydrazine groups is 2. The van der Waals surface area contributed by atoms with E-state index in [9.17, 15) is 0 Å². The molecule has 2 aliphatic rings. The molecule has 0 aromatic rings. The lowest BCUT2D eigenvalue weighted by Gasteiger charge is -2.17. The van der Waals surface area contributed by atoms with E-state index >= 15 is 0 Å². The highest BCUT2D eigenvalue weighted by molar-refractivity contribution is 4.79. The van der Waals surface area contributed by atoms with Gasteiger partial charge in [-0.25, -0.2) is 10.4 Å². The summed E-state index contributed by atoms with van der Waals surface area (Å²) >= 11 is 0. The van der Waals surface area contributed by atoms with E-state index in [4.69, 9.17) is 0 Å². The number of hydrogen-bond acceptors (Lipinski definition) is 4. The van der Waals surface area contributed by atoms with Gasteiger partial charge in [0.1, 0.15) is 0 Å². The first-order valence-corrected chi connectivity index (χ1v) is 3.93. The van der Waals surface area contributed by atoms with Crippen molar-refractivity contribution in [3.05, 3.63) is 0 Å². The quantitative estimate of drug-likeness (QED) is 0.392. The molecular weight excluding hydrogens is 128 g/mol. The maximum absolute atomic E-state index is 3.37. The molecule has 10 heavy (non-hydrogen) atoms. The number of nitrogens with zero attached hydrogens (tertiary/aromatic N) is 1. The molecule has 0 aromatic carbocycles. The molecular formula is C6H14N4. The normalized spacial score (nSPS) is 35.4. The standard InChI is InChI=1S/C6H14N4/c1-2-7-3-4-10-6(1)5-8-9-10/h6-9H,1-5H2. The molecule has 4 nitrogen and oxygen atoms in total. The Balaban J connectivity index is 1.95. The zero-order valence-electron chi connectivity index (χ0n) is 6.06. The molecule has 0 saturated carbocycles. The van der Waals surface area contributed by atoms with Crippen molar-refractivity contribution in [3.8, 4) is 0 Å². The van der Waals surface area contributed by atoms with Gasteiger partial charge in [0.05, 0.1) is 0 Å². The van der Waals surface area contributed by atoms with Crippen molar-refractivity contribution in [2.45, 2.75) is 12.5 Å². The molecule has 2 saturated heterocycles. The smallest absolute Gasteiger partial charge is 0.0408 e. The van der Waals surface area contributed by atoms with E-state index in [0.717, 1.165) is 26.2 Å². The van der Waals surface area contributed by atoms with E-state index in [0.29, 0.717) is 6.04 Å². The second-order valence-electron chi connectivity index (χ2n) is 2.88. The Kier molecular flexibility index (Phi) is 1.86. The maximum atomic E-state index is 3.37. The van der Waals surface area contributed by atoms with E-state index < -0.39 is 0 Å². The van der Waals surface area contributed by atoms with Crippen molar-refractivity contribution in [1.82, 2.24) is 21.3 Å². The van der Waals surface area contributed by atoms with Gasteiger partial charge < -0.3 is 5.32 Å². The van der Waals surface area contributed by atoms with Crippen molar-refractivity contribution < 1.29 is 0 Å². The van der Waals surface area contributed by atoms with Crippen LogP contribution in [0, 0.1) is 0 Å². The molecule has 1 unspecified atom stereocenters. The molecule has 0 aliphatic carbocycles. The lowest BCUT2D eigenvalue weighted by molar-refractivity contribution is 0.189. The fourth-order valence-corrected chi connectivity index (χ4v) is 1.56. The maximum Gasteiger partial charge on any atom is 0.0408 e. The zero-order chi connectivity index (χ0) is 6.81. The second-order valence-corrected chi connectivity index (χ2v) is 2.88. The predicted molar refractivity (Wildman–Crippen MR) is 39.1 cm³/mol. The van der Waals surface area contributed by atoms with Gasteiger partial charge in [0.15, 0.2) is 0 Å². The van der Waals surface area contributed by atoms with Crippen LogP contribution in [0.3, 0.4) is 0 Å². The first-order valence-electron chi connectivity index (χ1n) is 3.93. The number of fused-ring (bicyclic) bond motifs is 1. The minimum atomic E-state index is 0.704. The Morgan fingerprint density at radius 3 is 3.30 bits per heavy atom. The van der Waals surface area contributed by atoms with Crippen LogP contribution in [0.2, 0.25) is 0 Å². The first kappa shape index (κ1) is 6.54. The highest BCUT2D eigenvalue weighted by Crippen LogP contribution is 2.05. The Morgan fingerprint density at radius 2 is 2.30 bits per heavy atom. The van der Waals surface area contributed by atoms with Gasteiger partial charge in [-0.3, -0.25) is 0 Å². The third-order valence-electron chi connectivity index (χ3n) is 2.18. The minimum Gasteiger partial charge on any atom is -0.315 e. The molecule has 4 heteroatoms. The Labute approximate surface area is 60.9 Å². The van der Waals surface area contributed by atoms with Gasteiger partial charge in [-0.2, -0.15) is 5.53 Å². The molecule has 3 N–H and O–H groups in total. The fourth-order valence-electron chi connectivity index (χ4n) is 1.56. The Bertz CT molecular complexity index is 104. The molecule has 58 valence electrons. The summed E-state index contributed by atoms with van der Waals surface area (Å²) in [7, 11) is 0. The van der Waals surface area contributed by atoms with Crippen LogP contribution in [0.1, 0.15) is 6.42 Å². The second kappa shape index (κ2) is 2.84. The summed E-state index contributed by atoms with van der Waals surface area (Å²) in [6, 6.07) is 0.704. The summed E-state index contributed by atoms with van der Waals surface area (Å²) in [6.45, 7) is 4.45. The van der Waals surface area contributed by atoms with E-state index in [1.165, 1.54) is 6.42 Å². The molecule has 0 amide bonds. The molecule has 0 aromatic heterocycles. The number of hydrogen-bond donors (Lipinski definition) is 3. The van der Waals surface area contributed by atoms with Gasteiger partial charge in [0, 0.05) is 25.7 Å². The van der Waals surface area contributed by atoms with Crippen LogP contribution in [0.4, 0.5) is 0 Å². The van der Waals surface area contributed by atoms with Crippen molar-refractivity contribution in [1.29, 1.82) is 0 Å². The van der Waals surface area contributed by atoms with Crippen LogP contribution in [0.25, 0.3) is 0 Å². The monoisotopic (exact) mass is 142 g/mol. The third kappa shape index (κ3) is 1.15. The van der Waals surface area contributed by atoms with Crippen LogP contribution in [0.5, 0.6) is 0 Å². The summed E-state index contributed by atoms with van der Waals surface area (Å²) in [5, 5.41) is 5.64. The lowest BCUT2D eigenvalue weighted by Crippen LogP contribution is -2.41. The molecule has 2 fully saturated rings. The van der Waals surface area contributed by atoms with Crippen LogP contribution in [-0.2, 0) is 0 Å². The van der Waals surface area contributed by atoms with Gasteiger partial charge in [-0.15, -0.1) is 0 Å². The average molecular weight is 142 g/mol. The highest BCUT2D eigenvalue weighted by Gasteiger charge is 2.24. The third-order valence-corrected chi connectivity index (χ3v) is 2.18. The molecule has 2 rings (SSSR count). The largest absolute Gasteiger partial charge is 0.315 e. The number of nitrogens with one attached hydrogen (secondary N) is 3. The van der Waals surface area contributed by atoms with Crippen molar-refractivity contribution in [2.75, 3.05) is 26.2 Å². The first-order chi connectivity index (χ1) is 4.97. The lowest BCUT2D eigenvalue weighted by atomic mass is 10.2. The molecule has 0 radical (unpaired) electrons. The minimum absolute atomic E-state index is 0.704. The van der Waals surface area contributed by atoms with Crippen LogP contribution in [0.15, 0.2) is 0 Å². The van der Waals surface area contributed by atoms with Crippen LogP contribution >= 0.6 is 0 Å². The van der Waals surface area contributed by atoms with Gasteiger partial charge in [0.2, 0.25) is 0 Å². The van der Waals surface area contributed by atoms with Crippen molar-refractivity contribution >= 4 is 0 Å². The Morgan fingerprint density at radius 1 is 1.30 bits per heavy atom. The van der Waals surface area contributed by atoms with Gasteiger partial charge >= 0.3 is 0 Å². The zero-order valence-corrected chi connectivity index (χ0v) is 6.06. The van der Waals surface area contributed by atoms with E-state index in [-0.39, 0.29) is 0 Å².